The molecule has 1 aromatic carbocycles. The number of carbonyl (C=O) groups is 2. The van der Waals surface area contributed by atoms with Crippen LogP contribution in [0, 0.1) is 10.8 Å². The summed E-state index contributed by atoms with van der Waals surface area (Å²) >= 11 is 0. The van der Waals surface area contributed by atoms with Crippen molar-refractivity contribution in [2.45, 2.75) is 53.0 Å². The van der Waals surface area contributed by atoms with Crippen LogP contribution in [-0.4, -0.2) is 35.9 Å². The number of nitrogens with one attached hydrogen (secondary N) is 1. The summed E-state index contributed by atoms with van der Waals surface area (Å²) in [6, 6.07) is 7.25. The van der Waals surface area contributed by atoms with E-state index in [9.17, 15) is 9.59 Å². The molecule has 1 aromatic rings. The predicted molar refractivity (Wildman–Crippen MR) is 97.5 cm³/mol. The van der Waals surface area contributed by atoms with Crippen LogP contribution in [0.1, 0.15) is 47.0 Å². The van der Waals surface area contributed by atoms with Gasteiger partial charge in [0.25, 0.3) is 0 Å². The Labute approximate surface area is 149 Å². The molecule has 2 fully saturated rings. The molecule has 0 radical (unpaired) electrons. The zero-order valence-corrected chi connectivity index (χ0v) is 15.6. The molecule has 3 rings (SSSR count). The minimum absolute atomic E-state index is 0.126. The third kappa shape index (κ3) is 3.80. The van der Waals surface area contributed by atoms with Crippen molar-refractivity contribution < 1.29 is 14.3 Å². The largest absolute Gasteiger partial charge is 0.494 e. The van der Waals surface area contributed by atoms with Gasteiger partial charge in [-0.2, -0.15) is 0 Å². The highest BCUT2D eigenvalue weighted by atomic mass is 16.5. The number of rotatable bonds is 3. The van der Waals surface area contributed by atoms with Crippen molar-refractivity contribution >= 4 is 17.5 Å². The molecule has 2 atom stereocenters. The second-order valence-electron chi connectivity index (χ2n) is 8.56. The van der Waals surface area contributed by atoms with Gasteiger partial charge in [-0.1, -0.05) is 20.8 Å². The van der Waals surface area contributed by atoms with Crippen molar-refractivity contribution in [1.82, 2.24) is 4.90 Å². The molecule has 1 aliphatic carbocycles. The fraction of sp³-hybridized carbons (Fsp3) is 0.600. The number of hydrogen-bond acceptors (Lipinski definition) is 3. The van der Waals surface area contributed by atoms with E-state index in [1.165, 1.54) is 0 Å². The van der Waals surface area contributed by atoms with Gasteiger partial charge < -0.3 is 15.0 Å². The van der Waals surface area contributed by atoms with Crippen LogP contribution in [0.25, 0.3) is 0 Å². The Kier molecular flexibility index (Phi) is 4.52. The third-order valence-electron chi connectivity index (χ3n) is 5.29. The van der Waals surface area contributed by atoms with Gasteiger partial charge in [0.05, 0.1) is 6.61 Å². The highest BCUT2D eigenvalue weighted by Gasteiger charge is 2.51. The van der Waals surface area contributed by atoms with Crippen LogP contribution in [0.15, 0.2) is 24.3 Å². The van der Waals surface area contributed by atoms with E-state index in [4.69, 9.17) is 4.74 Å². The number of likely N-dealkylation sites (tertiary alicyclic amines) is 1. The molecule has 1 aliphatic heterocycles. The lowest BCUT2D eigenvalue weighted by Crippen LogP contribution is -2.43. The molecule has 1 saturated carbocycles. The first-order chi connectivity index (χ1) is 11.7. The Hall–Kier alpha value is -2.04. The van der Waals surface area contributed by atoms with E-state index in [0.29, 0.717) is 18.8 Å². The average molecular weight is 344 g/mol. The molecule has 1 saturated heterocycles. The van der Waals surface area contributed by atoms with Crippen molar-refractivity contribution in [3.05, 3.63) is 24.3 Å². The number of benzene rings is 1. The van der Waals surface area contributed by atoms with Crippen molar-refractivity contribution in [2.75, 3.05) is 18.5 Å². The minimum Gasteiger partial charge on any atom is -0.494 e. The van der Waals surface area contributed by atoms with Crippen molar-refractivity contribution in [1.29, 1.82) is 0 Å². The molecule has 2 aliphatic rings. The van der Waals surface area contributed by atoms with E-state index >= 15 is 0 Å². The zero-order chi connectivity index (χ0) is 18.2. The molecular weight excluding hydrogens is 316 g/mol. The number of fused-ring (bicyclic) bond motifs is 2. The van der Waals surface area contributed by atoms with E-state index in [1.54, 1.807) is 29.2 Å². The monoisotopic (exact) mass is 344 g/mol. The fourth-order valence-corrected chi connectivity index (χ4v) is 4.81. The Morgan fingerprint density at radius 2 is 1.88 bits per heavy atom. The molecule has 1 heterocycles. The van der Waals surface area contributed by atoms with Gasteiger partial charge >= 0.3 is 11.8 Å². The Bertz CT molecular complexity index is 668. The first-order valence-electron chi connectivity index (χ1n) is 9.06. The Balaban J connectivity index is 1.66. The number of anilines is 1. The maximum absolute atomic E-state index is 12.7. The van der Waals surface area contributed by atoms with Crippen LogP contribution in [0.4, 0.5) is 5.69 Å². The number of carbonyl (C=O) groups excluding carboxylic acids is 2. The molecule has 1 N–H and O–H groups in total. The van der Waals surface area contributed by atoms with Crippen LogP contribution in [-0.2, 0) is 9.59 Å². The normalized spacial score (nSPS) is 27.0. The Morgan fingerprint density at radius 1 is 1.20 bits per heavy atom. The lowest BCUT2D eigenvalue weighted by atomic mass is 9.65. The summed E-state index contributed by atoms with van der Waals surface area (Å²) in [5, 5.41) is 2.72. The summed E-state index contributed by atoms with van der Waals surface area (Å²) in [7, 11) is 0. The van der Waals surface area contributed by atoms with Crippen LogP contribution >= 0.6 is 0 Å². The van der Waals surface area contributed by atoms with E-state index in [2.05, 4.69) is 26.1 Å². The maximum Gasteiger partial charge on any atom is 0.313 e. The summed E-state index contributed by atoms with van der Waals surface area (Å²) in [6.45, 7) is 9.93. The molecule has 5 nitrogen and oxygen atoms in total. The van der Waals surface area contributed by atoms with E-state index < -0.39 is 11.8 Å². The van der Waals surface area contributed by atoms with Crippen molar-refractivity contribution in [2.24, 2.45) is 10.8 Å². The SMILES string of the molecule is CCOc1ccc(NC(=O)C(=O)N2CC3(C)CC2CC(C)(C)C3)cc1. The van der Waals surface area contributed by atoms with Gasteiger partial charge in [-0.25, -0.2) is 0 Å². The summed E-state index contributed by atoms with van der Waals surface area (Å²) in [6.07, 6.45) is 3.06. The maximum atomic E-state index is 12.7. The van der Waals surface area contributed by atoms with Crippen LogP contribution in [0.2, 0.25) is 0 Å². The van der Waals surface area contributed by atoms with E-state index in [1.807, 2.05) is 6.92 Å². The number of amides is 2. The van der Waals surface area contributed by atoms with E-state index in [-0.39, 0.29) is 16.9 Å². The molecule has 25 heavy (non-hydrogen) atoms. The molecule has 5 heteroatoms. The van der Waals surface area contributed by atoms with Crippen LogP contribution in [0.5, 0.6) is 5.75 Å². The topological polar surface area (TPSA) is 58.6 Å². The third-order valence-corrected chi connectivity index (χ3v) is 5.29. The summed E-state index contributed by atoms with van der Waals surface area (Å²) in [5.41, 5.74) is 0.954. The van der Waals surface area contributed by atoms with Crippen molar-refractivity contribution in [3.63, 3.8) is 0 Å². The van der Waals surface area contributed by atoms with Gasteiger partial charge in [-0.05, 0) is 61.3 Å². The average Bonchev–Trinajstić information content (AvgIpc) is 2.77. The van der Waals surface area contributed by atoms with Gasteiger partial charge in [-0.3, -0.25) is 9.59 Å². The second kappa shape index (κ2) is 6.36. The van der Waals surface area contributed by atoms with Gasteiger partial charge in [0.2, 0.25) is 0 Å². The number of nitrogens with zero attached hydrogens (tertiary/aromatic N) is 1. The zero-order valence-electron chi connectivity index (χ0n) is 15.6. The standard InChI is InChI=1S/C20H28N2O3/c1-5-25-16-8-6-14(7-9-16)21-17(23)18(24)22-13-20(4)11-15(22)10-19(2,3)12-20/h6-9,15H,5,10-13H2,1-4H3,(H,21,23). The summed E-state index contributed by atoms with van der Waals surface area (Å²) < 4.78 is 5.38. The highest BCUT2D eigenvalue weighted by Crippen LogP contribution is 2.52. The molecule has 2 bridgehead atoms. The summed E-state index contributed by atoms with van der Waals surface area (Å²) in [5.74, 6) is -0.228. The predicted octanol–water partition coefficient (Wildman–Crippen LogP) is 3.45. The first kappa shape index (κ1) is 17.8. The van der Waals surface area contributed by atoms with Gasteiger partial charge in [0.15, 0.2) is 0 Å². The second-order valence-corrected chi connectivity index (χ2v) is 8.56. The molecular formula is C20H28N2O3. The summed E-state index contributed by atoms with van der Waals surface area (Å²) in [4.78, 5) is 26.9. The lowest BCUT2D eigenvalue weighted by molar-refractivity contribution is -0.144. The van der Waals surface area contributed by atoms with Gasteiger partial charge in [0, 0.05) is 18.3 Å². The van der Waals surface area contributed by atoms with E-state index in [0.717, 1.165) is 25.0 Å². The first-order valence-corrected chi connectivity index (χ1v) is 9.06. The van der Waals surface area contributed by atoms with Gasteiger partial charge in [-0.15, -0.1) is 0 Å². The highest BCUT2D eigenvalue weighted by molar-refractivity contribution is 6.39. The van der Waals surface area contributed by atoms with Crippen LogP contribution < -0.4 is 10.1 Å². The fourth-order valence-electron chi connectivity index (χ4n) is 4.81. The minimum atomic E-state index is -0.557. The van der Waals surface area contributed by atoms with Crippen molar-refractivity contribution in [3.8, 4) is 5.75 Å². The van der Waals surface area contributed by atoms with Crippen LogP contribution in [0.3, 0.4) is 0 Å². The Morgan fingerprint density at radius 3 is 2.52 bits per heavy atom. The molecule has 0 aromatic heterocycles. The number of ether oxygens (including phenoxy) is 1. The molecule has 2 amide bonds. The number of hydrogen-bond donors (Lipinski definition) is 1. The quantitative estimate of drug-likeness (QED) is 0.855. The molecule has 136 valence electrons. The molecule has 2 unspecified atom stereocenters. The lowest BCUT2D eigenvalue weighted by Gasteiger charge is -2.39. The smallest absolute Gasteiger partial charge is 0.313 e. The molecule has 0 spiro atoms. The van der Waals surface area contributed by atoms with Gasteiger partial charge in [0.1, 0.15) is 5.75 Å².